The molecular formula is C15H20N4O2S2. The number of nitrogens with zero attached hydrogens (tertiary/aromatic N) is 3. The van der Waals surface area contributed by atoms with Crippen molar-refractivity contribution < 1.29 is 9.90 Å². The SMILES string of the molecule is CSc1nc(N2CCCC2)c2cc(C(=O)NCCCO)sc2n1. The number of rotatable bonds is 6. The molecule has 0 bridgehead atoms. The second-order valence-electron chi connectivity index (χ2n) is 5.39. The van der Waals surface area contributed by atoms with Crippen LogP contribution in [0.25, 0.3) is 10.2 Å². The summed E-state index contributed by atoms with van der Waals surface area (Å²) in [5.41, 5.74) is 0. The highest BCUT2D eigenvalue weighted by Gasteiger charge is 2.21. The van der Waals surface area contributed by atoms with Crippen molar-refractivity contribution in [1.29, 1.82) is 0 Å². The van der Waals surface area contributed by atoms with Crippen LogP contribution in [0.5, 0.6) is 0 Å². The van der Waals surface area contributed by atoms with Crippen LogP contribution in [0.3, 0.4) is 0 Å². The van der Waals surface area contributed by atoms with Gasteiger partial charge in [-0.1, -0.05) is 11.8 Å². The van der Waals surface area contributed by atoms with Crippen molar-refractivity contribution in [3.63, 3.8) is 0 Å². The summed E-state index contributed by atoms with van der Waals surface area (Å²) < 4.78 is 0. The lowest BCUT2D eigenvalue weighted by Crippen LogP contribution is -2.24. The Balaban J connectivity index is 1.93. The van der Waals surface area contributed by atoms with Crippen molar-refractivity contribution in [1.82, 2.24) is 15.3 Å². The molecule has 1 aliphatic rings. The van der Waals surface area contributed by atoms with E-state index in [0.29, 0.717) is 17.8 Å². The van der Waals surface area contributed by atoms with Gasteiger partial charge < -0.3 is 15.3 Å². The van der Waals surface area contributed by atoms with E-state index in [0.717, 1.165) is 34.3 Å². The van der Waals surface area contributed by atoms with Gasteiger partial charge in [0.25, 0.3) is 5.91 Å². The van der Waals surface area contributed by atoms with Crippen LogP contribution >= 0.6 is 23.1 Å². The van der Waals surface area contributed by atoms with Gasteiger partial charge >= 0.3 is 0 Å². The standard InChI is InChI=1S/C15H20N4O2S2/c1-22-15-17-12(19-6-2-3-7-19)10-9-11(23-14(10)18-15)13(21)16-5-4-8-20/h9,20H,2-8H2,1H3,(H,16,21). The zero-order valence-corrected chi connectivity index (χ0v) is 14.7. The zero-order chi connectivity index (χ0) is 16.2. The molecule has 3 heterocycles. The van der Waals surface area contributed by atoms with Crippen molar-refractivity contribution in [2.24, 2.45) is 0 Å². The molecule has 2 aromatic rings. The average Bonchev–Trinajstić information content (AvgIpc) is 3.23. The number of thiophene rings is 1. The molecule has 8 heteroatoms. The third kappa shape index (κ3) is 3.59. The normalized spacial score (nSPS) is 14.6. The summed E-state index contributed by atoms with van der Waals surface area (Å²) in [7, 11) is 0. The first-order valence-corrected chi connectivity index (χ1v) is 9.76. The first kappa shape index (κ1) is 16.5. The summed E-state index contributed by atoms with van der Waals surface area (Å²) in [6.07, 6.45) is 4.88. The lowest BCUT2D eigenvalue weighted by Gasteiger charge is -2.17. The van der Waals surface area contributed by atoms with Gasteiger partial charge in [0.15, 0.2) is 5.16 Å². The Hall–Kier alpha value is -1.38. The molecule has 2 aromatic heterocycles. The number of hydrogen-bond acceptors (Lipinski definition) is 7. The maximum Gasteiger partial charge on any atom is 0.261 e. The fraction of sp³-hybridized carbons (Fsp3) is 0.533. The lowest BCUT2D eigenvalue weighted by atomic mass is 10.3. The number of carbonyl (C=O) groups excluding carboxylic acids is 1. The minimum atomic E-state index is -0.112. The number of aliphatic hydroxyl groups is 1. The van der Waals surface area contributed by atoms with Crippen LogP contribution < -0.4 is 10.2 Å². The predicted molar refractivity (Wildman–Crippen MR) is 94.7 cm³/mol. The van der Waals surface area contributed by atoms with Gasteiger partial charge in [-0.2, -0.15) is 0 Å². The highest BCUT2D eigenvalue weighted by molar-refractivity contribution is 7.98. The Bertz CT molecular complexity index is 698. The van der Waals surface area contributed by atoms with Crippen molar-refractivity contribution >= 4 is 45.0 Å². The van der Waals surface area contributed by atoms with Crippen molar-refractivity contribution in [2.75, 3.05) is 37.4 Å². The summed E-state index contributed by atoms with van der Waals surface area (Å²) in [5, 5.41) is 13.3. The average molecular weight is 352 g/mol. The van der Waals surface area contributed by atoms with Gasteiger partial charge in [0.1, 0.15) is 10.6 Å². The van der Waals surface area contributed by atoms with E-state index in [-0.39, 0.29) is 12.5 Å². The molecule has 1 aliphatic heterocycles. The van der Waals surface area contributed by atoms with Gasteiger partial charge in [0.05, 0.1) is 10.3 Å². The number of aromatic nitrogens is 2. The van der Waals surface area contributed by atoms with E-state index >= 15 is 0 Å². The maximum atomic E-state index is 12.2. The van der Waals surface area contributed by atoms with Gasteiger partial charge in [-0.3, -0.25) is 4.79 Å². The number of hydrogen-bond donors (Lipinski definition) is 2. The number of carbonyl (C=O) groups is 1. The molecule has 0 aliphatic carbocycles. The summed E-state index contributed by atoms with van der Waals surface area (Å²) in [6, 6.07) is 1.89. The molecule has 1 amide bonds. The minimum Gasteiger partial charge on any atom is -0.396 e. The number of amides is 1. The van der Waals surface area contributed by atoms with E-state index in [1.165, 1.54) is 35.9 Å². The van der Waals surface area contributed by atoms with Crippen molar-refractivity contribution in [3.8, 4) is 0 Å². The smallest absolute Gasteiger partial charge is 0.261 e. The van der Waals surface area contributed by atoms with Crippen molar-refractivity contribution in [3.05, 3.63) is 10.9 Å². The number of fused-ring (bicyclic) bond motifs is 1. The van der Waals surface area contributed by atoms with E-state index in [4.69, 9.17) is 5.11 Å². The monoisotopic (exact) mass is 352 g/mol. The Labute approximate surface area is 143 Å². The summed E-state index contributed by atoms with van der Waals surface area (Å²) in [5.74, 6) is 0.835. The number of anilines is 1. The second-order valence-corrected chi connectivity index (χ2v) is 7.19. The molecule has 23 heavy (non-hydrogen) atoms. The molecule has 0 saturated carbocycles. The third-order valence-corrected chi connectivity index (χ3v) is 5.36. The van der Waals surface area contributed by atoms with Crippen LogP contribution in [0, 0.1) is 0 Å². The second kappa shape index (κ2) is 7.46. The van der Waals surface area contributed by atoms with Crippen molar-refractivity contribution in [2.45, 2.75) is 24.4 Å². The molecule has 3 rings (SSSR count). The largest absolute Gasteiger partial charge is 0.396 e. The topological polar surface area (TPSA) is 78.4 Å². The van der Waals surface area contributed by atoms with Gasteiger partial charge in [-0.25, -0.2) is 9.97 Å². The molecule has 1 fully saturated rings. The molecule has 0 aromatic carbocycles. The van der Waals surface area contributed by atoms with Gasteiger partial charge in [0, 0.05) is 26.2 Å². The van der Waals surface area contributed by atoms with Crippen LogP contribution in [0.2, 0.25) is 0 Å². The van der Waals surface area contributed by atoms with E-state index in [1.54, 1.807) is 0 Å². The molecule has 1 saturated heterocycles. The summed E-state index contributed by atoms with van der Waals surface area (Å²) in [6.45, 7) is 2.57. The van der Waals surface area contributed by atoms with Crippen LogP contribution in [-0.2, 0) is 0 Å². The Morgan fingerprint density at radius 2 is 2.22 bits per heavy atom. The fourth-order valence-corrected chi connectivity index (χ4v) is 3.99. The van der Waals surface area contributed by atoms with Gasteiger partial charge in [-0.15, -0.1) is 11.3 Å². The van der Waals surface area contributed by atoms with E-state index in [2.05, 4.69) is 20.2 Å². The Morgan fingerprint density at radius 1 is 1.43 bits per heavy atom. The number of aliphatic hydroxyl groups excluding tert-OH is 1. The van der Waals surface area contributed by atoms with Crippen LogP contribution in [0.1, 0.15) is 28.9 Å². The quantitative estimate of drug-likeness (QED) is 0.471. The Morgan fingerprint density at radius 3 is 2.91 bits per heavy atom. The molecule has 0 radical (unpaired) electrons. The maximum absolute atomic E-state index is 12.2. The minimum absolute atomic E-state index is 0.0777. The molecule has 6 nitrogen and oxygen atoms in total. The number of nitrogens with one attached hydrogen (secondary N) is 1. The summed E-state index contributed by atoms with van der Waals surface area (Å²) in [4.78, 5) is 25.2. The summed E-state index contributed by atoms with van der Waals surface area (Å²) >= 11 is 2.92. The molecule has 0 atom stereocenters. The van der Waals surface area contributed by atoms with E-state index in [9.17, 15) is 4.79 Å². The van der Waals surface area contributed by atoms with Gasteiger partial charge in [-0.05, 0) is 31.6 Å². The van der Waals surface area contributed by atoms with E-state index < -0.39 is 0 Å². The van der Waals surface area contributed by atoms with E-state index in [1.807, 2.05) is 12.3 Å². The highest BCUT2D eigenvalue weighted by Crippen LogP contribution is 2.34. The number of thioether (sulfide) groups is 1. The molecule has 0 spiro atoms. The first-order valence-electron chi connectivity index (χ1n) is 7.72. The third-order valence-electron chi connectivity index (χ3n) is 3.78. The van der Waals surface area contributed by atoms with Crippen LogP contribution in [0.15, 0.2) is 11.2 Å². The first-order chi connectivity index (χ1) is 11.2. The molecular weight excluding hydrogens is 332 g/mol. The highest BCUT2D eigenvalue weighted by atomic mass is 32.2. The Kier molecular flexibility index (Phi) is 5.34. The predicted octanol–water partition coefficient (Wildman–Crippen LogP) is 2.13. The van der Waals surface area contributed by atoms with Crippen LogP contribution in [0.4, 0.5) is 5.82 Å². The molecule has 0 unspecified atom stereocenters. The molecule has 124 valence electrons. The lowest BCUT2D eigenvalue weighted by molar-refractivity contribution is 0.0955. The zero-order valence-electron chi connectivity index (χ0n) is 13.0. The van der Waals surface area contributed by atoms with Crippen LogP contribution in [-0.4, -0.2) is 53.5 Å². The van der Waals surface area contributed by atoms with Gasteiger partial charge in [0.2, 0.25) is 0 Å². The fourth-order valence-electron chi connectivity index (χ4n) is 2.63. The molecule has 2 N–H and O–H groups in total.